The number of sulfone groups is 1. The van der Waals surface area contributed by atoms with Gasteiger partial charge in [0, 0.05) is 11.2 Å². The van der Waals surface area contributed by atoms with Gasteiger partial charge in [0.2, 0.25) is 0 Å². The van der Waals surface area contributed by atoms with Crippen LogP contribution >= 0.6 is 23.2 Å². The van der Waals surface area contributed by atoms with Crippen molar-refractivity contribution in [3.8, 4) is 0 Å². The molecule has 0 spiro atoms. The first kappa shape index (κ1) is 16.7. The summed E-state index contributed by atoms with van der Waals surface area (Å²) < 4.78 is 28.9. The van der Waals surface area contributed by atoms with E-state index in [2.05, 4.69) is 4.98 Å². The zero-order valence-corrected chi connectivity index (χ0v) is 13.5. The third-order valence-corrected chi connectivity index (χ3v) is 4.71. The molecule has 0 radical (unpaired) electrons. The molecule has 0 aliphatic carbocycles. The number of esters is 1. The van der Waals surface area contributed by atoms with Crippen LogP contribution in [0.25, 0.3) is 0 Å². The summed E-state index contributed by atoms with van der Waals surface area (Å²) in [6.45, 7) is -0.280. The summed E-state index contributed by atoms with van der Waals surface area (Å²) in [4.78, 5) is 15.5. The average Bonchev–Trinajstić information content (AvgIpc) is 2.47. The van der Waals surface area contributed by atoms with Crippen LogP contribution in [0.4, 0.5) is 0 Å². The number of hydrogen-bond donors (Lipinski definition) is 0. The van der Waals surface area contributed by atoms with Gasteiger partial charge in [0.1, 0.15) is 6.61 Å². The molecular weight excluding hydrogens is 349 g/mol. The number of carbonyl (C=O) groups is 1. The highest BCUT2D eigenvalue weighted by atomic mass is 35.5. The highest BCUT2D eigenvalue weighted by molar-refractivity contribution is 7.91. The van der Waals surface area contributed by atoms with Crippen molar-refractivity contribution in [3.63, 3.8) is 0 Å². The molecule has 22 heavy (non-hydrogen) atoms. The quantitative estimate of drug-likeness (QED) is 0.767. The van der Waals surface area contributed by atoms with Gasteiger partial charge in [-0.05, 0) is 30.3 Å². The summed E-state index contributed by atoms with van der Waals surface area (Å²) >= 11 is 11.4. The number of halogens is 2. The minimum absolute atomic E-state index is 0.115. The fourth-order valence-corrected chi connectivity index (χ4v) is 2.90. The van der Waals surface area contributed by atoms with Gasteiger partial charge in [0.25, 0.3) is 0 Å². The zero-order chi connectivity index (χ0) is 16.2. The lowest BCUT2D eigenvalue weighted by Crippen LogP contribution is -2.16. The first-order chi connectivity index (χ1) is 10.4. The van der Waals surface area contributed by atoms with Gasteiger partial charge in [-0.1, -0.05) is 29.3 Å². The summed E-state index contributed by atoms with van der Waals surface area (Å²) in [5, 5.41) is 0.620. The Morgan fingerprint density at radius 1 is 1.14 bits per heavy atom. The summed E-state index contributed by atoms with van der Waals surface area (Å²) in [7, 11) is -3.64. The Labute approximate surface area is 137 Å². The van der Waals surface area contributed by atoms with Crippen LogP contribution in [0.3, 0.4) is 0 Å². The predicted octanol–water partition coefficient (Wildman–Crippen LogP) is 3.02. The van der Waals surface area contributed by atoms with Crippen LogP contribution < -0.4 is 0 Å². The van der Waals surface area contributed by atoms with Crippen molar-refractivity contribution >= 4 is 39.0 Å². The third kappa shape index (κ3) is 4.43. The SMILES string of the molecule is O=C(OCCS(=O)(=O)c1ccc(Cl)cn1)c1cccc(Cl)c1. The van der Waals surface area contributed by atoms with Gasteiger partial charge in [-0.2, -0.15) is 0 Å². The summed E-state index contributed by atoms with van der Waals surface area (Å²) in [5.74, 6) is -1.00. The van der Waals surface area contributed by atoms with Crippen molar-refractivity contribution in [2.75, 3.05) is 12.4 Å². The van der Waals surface area contributed by atoms with E-state index in [-0.39, 0.29) is 22.9 Å². The number of rotatable bonds is 5. The molecule has 8 heteroatoms. The molecule has 5 nitrogen and oxygen atoms in total. The molecule has 0 aliphatic heterocycles. The van der Waals surface area contributed by atoms with Gasteiger partial charge in [-0.3, -0.25) is 0 Å². The first-order valence-corrected chi connectivity index (χ1v) is 8.56. The molecule has 1 aromatic carbocycles. The van der Waals surface area contributed by atoms with Crippen molar-refractivity contribution < 1.29 is 17.9 Å². The van der Waals surface area contributed by atoms with E-state index in [1.165, 1.54) is 30.5 Å². The molecule has 116 valence electrons. The fourth-order valence-electron chi connectivity index (χ4n) is 1.59. The van der Waals surface area contributed by atoms with E-state index in [1.54, 1.807) is 12.1 Å². The van der Waals surface area contributed by atoms with Gasteiger partial charge in [0.15, 0.2) is 14.9 Å². The number of hydrogen-bond acceptors (Lipinski definition) is 5. The van der Waals surface area contributed by atoms with Crippen LogP contribution in [-0.2, 0) is 14.6 Å². The van der Waals surface area contributed by atoms with E-state index in [4.69, 9.17) is 27.9 Å². The average molecular weight is 360 g/mol. The van der Waals surface area contributed by atoms with Crippen LogP contribution in [0, 0.1) is 0 Å². The Morgan fingerprint density at radius 2 is 1.91 bits per heavy atom. The summed E-state index contributed by atoms with van der Waals surface area (Å²) in [5.41, 5.74) is 0.259. The minimum atomic E-state index is -3.64. The molecular formula is C14H11Cl2NO4S. The van der Waals surface area contributed by atoms with Crippen molar-refractivity contribution in [2.24, 2.45) is 0 Å². The second kappa shape index (κ2) is 7.09. The van der Waals surface area contributed by atoms with Crippen molar-refractivity contribution in [1.29, 1.82) is 0 Å². The maximum absolute atomic E-state index is 12.0. The second-order valence-corrected chi connectivity index (χ2v) is 7.21. The molecule has 2 rings (SSSR count). The minimum Gasteiger partial charge on any atom is -0.461 e. The van der Waals surface area contributed by atoms with Gasteiger partial charge in [-0.15, -0.1) is 0 Å². The van der Waals surface area contributed by atoms with E-state index >= 15 is 0 Å². The van der Waals surface area contributed by atoms with Crippen molar-refractivity contribution in [3.05, 3.63) is 58.2 Å². The highest BCUT2D eigenvalue weighted by Gasteiger charge is 2.17. The third-order valence-electron chi connectivity index (χ3n) is 2.66. The van der Waals surface area contributed by atoms with E-state index < -0.39 is 15.8 Å². The molecule has 1 heterocycles. The molecule has 1 aromatic heterocycles. The summed E-state index contributed by atoms with van der Waals surface area (Å²) in [6.07, 6.45) is 1.24. The molecule has 0 N–H and O–H groups in total. The van der Waals surface area contributed by atoms with Crippen LogP contribution in [0.1, 0.15) is 10.4 Å². The summed E-state index contributed by atoms with van der Waals surface area (Å²) in [6, 6.07) is 8.93. The topological polar surface area (TPSA) is 73.3 Å². The zero-order valence-electron chi connectivity index (χ0n) is 11.2. The molecule has 0 bridgehead atoms. The molecule has 0 unspecified atom stereocenters. The van der Waals surface area contributed by atoms with E-state index in [0.717, 1.165) is 0 Å². The fraction of sp³-hybridized carbons (Fsp3) is 0.143. The van der Waals surface area contributed by atoms with E-state index in [0.29, 0.717) is 10.0 Å². The Bertz CT molecular complexity index is 776. The molecule has 0 saturated carbocycles. The normalized spacial score (nSPS) is 11.2. The van der Waals surface area contributed by atoms with E-state index in [1.807, 2.05) is 0 Å². The highest BCUT2D eigenvalue weighted by Crippen LogP contribution is 2.13. The molecule has 0 atom stereocenters. The Hall–Kier alpha value is -1.63. The van der Waals surface area contributed by atoms with Gasteiger partial charge in [0.05, 0.1) is 16.3 Å². The van der Waals surface area contributed by atoms with Crippen LogP contribution in [0.15, 0.2) is 47.6 Å². The van der Waals surface area contributed by atoms with Gasteiger partial charge < -0.3 is 4.74 Å². The molecule has 0 saturated heterocycles. The van der Waals surface area contributed by atoms with Gasteiger partial charge >= 0.3 is 5.97 Å². The molecule has 0 amide bonds. The second-order valence-electron chi connectivity index (χ2n) is 4.28. The Kier molecular flexibility index (Phi) is 5.39. The van der Waals surface area contributed by atoms with Crippen LogP contribution in [-0.4, -0.2) is 31.7 Å². The first-order valence-electron chi connectivity index (χ1n) is 6.15. The molecule has 0 aliphatic rings. The van der Waals surface area contributed by atoms with Crippen molar-refractivity contribution in [2.45, 2.75) is 5.03 Å². The lowest BCUT2D eigenvalue weighted by molar-refractivity contribution is 0.0529. The number of carbonyl (C=O) groups excluding carboxylic acids is 1. The Morgan fingerprint density at radius 3 is 2.55 bits per heavy atom. The number of ether oxygens (including phenoxy) is 1. The lowest BCUT2D eigenvalue weighted by Gasteiger charge is -2.06. The van der Waals surface area contributed by atoms with Gasteiger partial charge in [-0.25, -0.2) is 18.2 Å². The predicted molar refractivity (Wildman–Crippen MR) is 83.0 cm³/mol. The Balaban J connectivity index is 1.95. The standard InChI is InChI=1S/C14H11Cl2NO4S/c15-11-3-1-2-10(8-11)14(18)21-6-7-22(19,20)13-5-4-12(16)9-17-13/h1-5,8-9H,6-7H2. The maximum Gasteiger partial charge on any atom is 0.338 e. The monoisotopic (exact) mass is 359 g/mol. The van der Waals surface area contributed by atoms with E-state index in [9.17, 15) is 13.2 Å². The largest absolute Gasteiger partial charge is 0.461 e. The van der Waals surface area contributed by atoms with Crippen LogP contribution in [0.5, 0.6) is 0 Å². The number of pyridine rings is 1. The lowest BCUT2D eigenvalue weighted by atomic mass is 10.2. The number of nitrogens with zero attached hydrogens (tertiary/aromatic N) is 1. The van der Waals surface area contributed by atoms with Crippen LogP contribution in [0.2, 0.25) is 10.0 Å². The molecule has 0 fully saturated rings. The number of aromatic nitrogens is 1. The van der Waals surface area contributed by atoms with Crippen molar-refractivity contribution in [1.82, 2.24) is 4.98 Å². The molecule has 2 aromatic rings. The number of benzene rings is 1. The maximum atomic E-state index is 12.0. The smallest absolute Gasteiger partial charge is 0.338 e.